The molecule has 0 spiro atoms. The van der Waals surface area contributed by atoms with Crippen LogP contribution in [0.3, 0.4) is 0 Å². The first-order chi connectivity index (χ1) is 14.4. The van der Waals surface area contributed by atoms with Crippen molar-refractivity contribution in [2.45, 2.75) is 12.6 Å². The Labute approximate surface area is 182 Å². The number of thiophene rings is 1. The van der Waals surface area contributed by atoms with Crippen LogP contribution in [0.15, 0.2) is 42.1 Å². The average molecular weight is 467 g/mol. The number of aliphatic hydroxyl groups is 1. The summed E-state index contributed by atoms with van der Waals surface area (Å²) in [5.41, 5.74) is 1.72. The minimum absolute atomic E-state index is 0.0981. The number of hydrogen-bond acceptors (Lipinski definition) is 6. The molecule has 1 aliphatic heterocycles. The third-order valence-electron chi connectivity index (χ3n) is 4.86. The molecule has 0 radical (unpaired) electrons. The molecule has 1 saturated heterocycles. The SMILES string of the molecule is O=C1CN(S(=O)(=O)/C=C/c2ccc(Cl)s2)C(CO)CN1Cc1cc2cnccc2[nH]1. The molecule has 30 heavy (non-hydrogen) atoms. The van der Waals surface area contributed by atoms with Crippen molar-refractivity contribution in [2.75, 3.05) is 19.7 Å². The Kier molecular flexibility index (Phi) is 5.94. The number of halogens is 1. The number of fused-ring (bicyclic) bond motifs is 1. The number of rotatable bonds is 6. The van der Waals surface area contributed by atoms with Crippen LogP contribution in [-0.4, -0.2) is 64.3 Å². The summed E-state index contributed by atoms with van der Waals surface area (Å²) in [5.74, 6) is -0.326. The van der Waals surface area contributed by atoms with Crippen LogP contribution in [0.2, 0.25) is 4.34 Å². The minimum Gasteiger partial charge on any atom is -0.395 e. The molecule has 0 bridgehead atoms. The highest BCUT2D eigenvalue weighted by molar-refractivity contribution is 7.92. The van der Waals surface area contributed by atoms with Crippen molar-refractivity contribution in [3.8, 4) is 0 Å². The van der Waals surface area contributed by atoms with Crippen molar-refractivity contribution in [3.05, 3.63) is 57.0 Å². The van der Waals surface area contributed by atoms with Gasteiger partial charge < -0.3 is 15.0 Å². The van der Waals surface area contributed by atoms with Crippen molar-refractivity contribution in [1.82, 2.24) is 19.2 Å². The number of aliphatic hydroxyl groups excluding tert-OH is 1. The van der Waals surface area contributed by atoms with Crippen LogP contribution in [0.25, 0.3) is 17.0 Å². The molecule has 1 atom stereocenters. The Morgan fingerprint density at radius 1 is 1.37 bits per heavy atom. The summed E-state index contributed by atoms with van der Waals surface area (Å²) in [6.07, 6.45) is 4.85. The van der Waals surface area contributed by atoms with Gasteiger partial charge in [-0.25, -0.2) is 8.42 Å². The maximum absolute atomic E-state index is 12.8. The van der Waals surface area contributed by atoms with E-state index in [0.717, 1.165) is 26.3 Å². The second-order valence-electron chi connectivity index (χ2n) is 6.90. The van der Waals surface area contributed by atoms with Crippen LogP contribution in [0.5, 0.6) is 0 Å². The number of amides is 1. The fourth-order valence-electron chi connectivity index (χ4n) is 3.38. The number of carbonyl (C=O) groups is 1. The van der Waals surface area contributed by atoms with Crippen LogP contribution in [0.4, 0.5) is 0 Å². The first-order valence-corrected chi connectivity index (χ1v) is 11.8. The standard InChI is InChI=1S/C19H19ClN4O4S2/c20-18-2-1-16(29-18)4-6-30(27,28)24-11-19(26)23(10-15(24)12-25)9-14-7-13-8-21-5-3-17(13)22-14/h1-8,15,22,25H,9-12H2/b6-4+. The highest BCUT2D eigenvalue weighted by Gasteiger charge is 2.37. The number of piperazine rings is 1. The Balaban J connectivity index is 1.50. The molecule has 3 aromatic rings. The molecular weight excluding hydrogens is 448 g/mol. The van der Waals surface area contributed by atoms with Crippen molar-refractivity contribution < 1.29 is 18.3 Å². The summed E-state index contributed by atoms with van der Waals surface area (Å²) in [6.45, 7) is -0.328. The zero-order valence-corrected chi connectivity index (χ0v) is 18.1. The third kappa shape index (κ3) is 4.42. The monoisotopic (exact) mass is 466 g/mol. The molecule has 0 aliphatic carbocycles. The Morgan fingerprint density at radius 2 is 2.20 bits per heavy atom. The van der Waals surface area contributed by atoms with E-state index >= 15 is 0 Å². The van der Waals surface area contributed by atoms with Crippen molar-refractivity contribution in [2.24, 2.45) is 0 Å². The number of aromatic nitrogens is 2. The number of nitrogens with one attached hydrogen (secondary N) is 1. The normalized spacial score (nSPS) is 18.7. The molecule has 4 heterocycles. The molecule has 158 valence electrons. The molecule has 8 nitrogen and oxygen atoms in total. The van der Waals surface area contributed by atoms with E-state index in [-0.39, 0.29) is 19.0 Å². The van der Waals surface area contributed by atoms with Gasteiger partial charge in [-0.2, -0.15) is 4.31 Å². The molecule has 3 aromatic heterocycles. The van der Waals surface area contributed by atoms with Gasteiger partial charge in [-0.3, -0.25) is 9.78 Å². The summed E-state index contributed by atoms with van der Waals surface area (Å²) >= 11 is 7.12. The van der Waals surface area contributed by atoms with Gasteiger partial charge >= 0.3 is 0 Å². The third-order valence-corrected chi connectivity index (χ3v) is 7.61. The average Bonchev–Trinajstić information content (AvgIpc) is 3.33. The van der Waals surface area contributed by atoms with Gasteiger partial charge in [0.2, 0.25) is 15.9 Å². The van der Waals surface area contributed by atoms with E-state index < -0.39 is 22.7 Å². The number of hydrogen-bond donors (Lipinski definition) is 2. The first-order valence-electron chi connectivity index (χ1n) is 9.11. The zero-order chi connectivity index (χ0) is 21.3. The summed E-state index contributed by atoms with van der Waals surface area (Å²) in [4.78, 5) is 22.2. The van der Waals surface area contributed by atoms with Crippen molar-refractivity contribution >= 4 is 55.8 Å². The van der Waals surface area contributed by atoms with Crippen LogP contribution >= 0.6 is 22.9 Å². The molecule has 11 heteroatoms. The second-order valence-corrected chi connectivity index (χ2v) is 10.4. The number of sulfonamides is 1. The smallest absolute Gasteiger partial charge is 0.238 e. The molecule has 1 unspecified atom stereocenters. The topological polar surface area (TPSA) is 107 Å². The predicted octanol–water partition coefficient (Wildman–Crippen LogP) is 2.28. The number of nitrogens with zero attached hydrogens (tertiary/aromatic N) is 3. The molecule has 2 N–H and O–H groups in total. The number of pyridine rings is 1. The number of aromatic amines is 1. The van der Waals surface area contributed by atoms with Gasteiger partial charge in [-0.05, 0) is 30.3 Å². The molecule has 1 aliphatic rings. The van der Waals surface area contributed by atoms with Crippen LogP contribution < -0.4 is 0 Å². The van der Waals surface area contributed by atoms with E-state index in [1.807, 2.05) is 12.1 Å². The maximum atomic E-state index is 12.8. The van der Waals surface area contributed by atoms with Crippen LogP contribution in [0.1, 0.15) is 10.6 Å². The number of H-pyrrole nitrogens is 1. The lowest BCUT2D eigenvalue weighted by atomic mass is 10.2. The van der Waals surface area contributed by atoms with Crippen LogP contribution in [0, 0.1) is 0 Å². The molecule has 1 fully saturated rings. The van der Waals surface area contributed by atoms with Crippen molar-refractivity contribution in [1.29, 1.82) is 0 Å². The lowest BCUT2D eigenvalue weighted by Gasteiger charge is -2.38. The highest BCUT2D eigenvalue weighted by atomic mass is 35.5. The predicted molar refractivity (Wildman–Crippen MR) is 116 cm³/mol. The zero-order valence-electron chi connectivity index (χ0n) is 15.7. The van der Waals surface area contributed by atoms with E-state index in [0.29, 0.717) is 15.8 Å². The summed E-state index contributed by atoms with van der Waals surface area (Å²) in [6, 6.07) is 6.41. The molecular formula is C19H19ClN4O4S2. The van der Waals surface area contributed by atoms with E-state index in [2.05, 4.69) is 9.97 Å². The van der Waals surface area contributed by atoms with Crippen LogP contribution in [-0.2, 0) is 21.4 Å². The Hall–Kier alpha value is -2.24. The van der Waals surface area contributed by atoms with Crippen molar-refractivity contribution in [3.63, 3.8) is 0 Å². The molecule has 4 rings (SSSR count). The van der Waals surface area contributed by atoms with E-state index in [9.17, 15) is 18.3 Å². The fourth-order valence-corrected chi connectivity index (χ4v) is 5.75. The van der Waals surface area contributed by atoms with Gasteiger partial charge in [-0.15, -0.1) is 11.3 Å². The Morgan fingerprint density at radius 3 is 2.90 bits per heavy atom. The second kappa shape index (κ2) is 8.48. The van der Waals surface area contributed by atoms with Gasteiger partial charge in [-0.1, -0.05) is 11.6 Å². The summed E-state index contributed by atoms with van der Waals surface area (Å²) < 4.78 is 27.2. The number of carbonyl (C=O) groups excluding carboxylic acids is 1. The molecule has 1 amide bonds. The van der Waals surface area contributed by atoms with E-state index in [4.69, 9.17) is 11.6 Å². The first kappa shape index (κ1) is 21.0. The maximum Gasteiger partial charge on any atom is 0.238 e. The van der Waals surface area contributed by atoms with Gasteiger partial charge in [0.1, 0.15) is 0 Å². The summed E-state index contributed by atoms with van der Waals surface area (Å²) in [7, 11) is -3.89. The van der Waals surface area contributed by atoms with Gasteiger partial charge in [0, 0.05) is 45.8 Å². The molecule has 0 saturated carbocycles. The highest BCUT2D eigenvalue weighted by Crippen LogP contribution is 2.24. The fraction of sp³-hybridized carbons (Fsp3) is 0.263. The van der Waals surface area contributed by atoms with E-state index in [1.165, 1.54) is 17.4 Å². The van der Waals surface area contributed by atoms with Gasteiger partial charge in [0.15, 0.2) is 0 Å². The Bertz CT molecular complexity index is 1170. The molecule has 0 aromatic carbocycles. The summed E-state index contributed by atoms with van der Waals surface area (Å²) in [5, 5.41) is 11.8. The van der Waals surface area contributed by atoms with Gasteiger partial charge in [0.25, 0.3) is 0 Å². The largest absolute Gasteiger partial charge is 0.395 e. The van der Waals surface area contributed by atoms with E-state index in [1.54, 1.807) is 29.4 Å². The lowest BCUT2D eigenvalue weighted by Crippen LogP contribution is -2.58. The van der Waals surface area contributed by atoms with Gasteiger partial charge in [0.05, 0.1) is 30.1 Å². The lowest BCUT2D eigenvalue weighted by molar-refractivity contribution is -0.137. The minimum atomic E-state index is -3.89. The quantitative estimate of drug-likeness (QED) is 0.579.